The number of hydrogen-bond acceptors (Lipinski definition) is 2. The van der Waals surface area contributed by atoms with Gasteiger partial charge in [0.15, 0.2) is 0 Å². The van der Waals surface area contributed by atoms with Crippen molar-refractivity contribution in [3.63, 3.8) is 0 Å². The van der Waals surface area contributed by atoms with Crippen LogP contribution in [0, 0.1) is 5.92 Å². The van der Waals surface area contributed by atoms with Gasteiger partial charge in [-0.25, -0.2) is 0 Å². The second-order valence-electron chi connectivity index (χ2n) is 4.65. The lowest BCUT2D eigenvalue weighted by molar-refractivity contribution is -0.0509. The van der Waals surface area contributed by atoms with Gasteiger partial charge in [0.05, 0.1) is 5.60 Å². The molecule has 0 saturated heterocycles. The van der Waals surface area contributed by atoms with Crippen LogP contribution in [-0.4, -0.2) is 16.7 Å². The average Bonchev–Trinajstić information content (AvgIpc) is 2.04. The van der Waals surface area contributed by atoms with Gasteiger partial charge in [-0.15, -0.1) is 0 Å². The first-order valence-electron chi connectivity index (χ1n) is 5.56. The highest BCUT2D eigenvalue weighted by Crippen LogP contribution is 2.35. The molecule has 2 heteroatoms. The lowest BCUT2D eigenvalue weighted by Crippen LogP contribution is -2.45. The fourth-order valence-corrected chi connectivity index (χ4v) is 2.48. The summed E-state index contributed by atoms with van der Waals surface area (Å²) in [6.45, 7) is 4.32. The molecule has 13 heavy (non-hydrogen) atoms. The third kappa shape index (κ3) is 2.68. The predicted octanol–water partition coefficient (Wildman–Crippen LogP) is 2.05. The number of aliphatic hydroxyl groups is 1. The zero-order valence-corrected chi connectivity index (χ0v) is 8.92. The molecule has 1 aliphatic carbocycles. The van der Waals surface area contributed by atoms with Gasteiger partial charge in [-0.05, 0) is 38.0 Å². The van der Waals surface area contributed by atoms with Gasteiger partial charge in [0, 0.05) is 6.04 Å². The van der Waals surface area contributed by atoms with Gasteiger partial charge in [0.25, 0.3) is 0 Å². The van der Waals surface area contributed by atoms with Gasteiger partial charge in [0.1, 0.15) is 0 Å². The van der Waals surface area contributed by atoms with Crippen LogP contribution in [0.3, 0.4) is 0 Å². The minimum absolute atomic E-state index is 0.220. The fourth-order valence-electron chi connectivity index (χ4n) is 2.48. The Bertz CT molecular complexity index is 160. The number of rotatable bonds is 3. The number of nitrogens with two attached hydrogens (primary N) is 1. The Kier molecular flexibility index (Phi) is 3.74. The first-order chi connectivity index (χ1) is 6.08. The highest BCUT2D eigenvalue weighted by Gasteiger charge is 2.37. The van der Waals surface area contributed by atoms with E-state index in [1.807, 2.05) is 0 Å². The van der Waals surface area contributed by atoms with Crippen LogP contribution in [-0.2, 0) is 0 Å². The van der Waals surface area contributed by atoms with Crippen LogP contribution < -0.4 is 5.73 Å². The highest BCUT2D eigenvalue weighted by atomic mass is 16.3. The fraction of sp³-hybridized carbons (Fsp3) is 1.00. The van der Waals surface area contributed by atoms with Crippen LogP contribution in [0.15, 0.2) is 0 Å². The van der Waals surface area contributed by atoms with E-state index in [0.29, 0.717) is 5.92 Å². The first kappa shape index (κ1) is 11.0. The summed E-state index contributed by atoms with van der Waals surface area (Å²) < 4.78 is 0. The van der Waals surface area contributed by atoms with Gasteiger partial charge in [-0.1, -0.05) is 20.3 Å². The van der Waals surface area contributed by atoms with E-state index in [2.05, 4.69) is 13.8 Å². The van der Waals surface area contributed by atoms with Crippen LogP contribution in [0.5, 0.6) is 0 Å². The molecule has 1 saturated carbocycles. The maximum Gasteiger partial charge on any atom is 0.0687 e. The molecule has 1 rings (SSSR count). The molecule has 1 aliphatic rings. The molecular formula is C11H23NO. The van der Waals surface area contributed by atoms with Gasteiger partial charge in [-0.3, -0.25) is 0 Å². The summed E-state index contributed by atoms with van der Waals surface area (Å²) in [4.78, 5) is 0. The quantitative estimate of drug-likeness (QED) is 0.707. The average molecular weight is 185 g/mol. The minimum Gasteiger partial charge on any atom is -0.390 e. The van der Waals surface area contributed by atoms with E-state index in [1.54, 1.807) is 0 Å². The zero-order valence-electron chi connectivity index (χ0n) is 8.92. The summed E-state index contributed by atoms with van der Waals surface area (Å²) in [6.07, 6.45) is 6.19. The Morgan fingerprint density at radius 3 is 2.85 bits per heavy atom. The maximum atomic E-state index is 10.4. The molecule has 0 spiro atoms. The summed E-state index contributed by atoms with van der Waals surface area (Å²) in [7, 11) is 0. The molecule has 0 heterocycles. The van der Waals surface area contributed by atoms with Crippen molar-refractivity contribution in [3.05, 3.63) is 0 Å². The molecule has 0 bridgehead atoms. The summed E-state index contributed by atoms with van der Waals surface area (Å²) in [5, 5.41) is 10.4. The van der Waals surface area contributed by atoms with Crippen molar-refractivity contribution in [2.75, 3.05) is 0 Å². The largest absolute Gasteiger partial charge is 0.390 e. The monoisotopic (exact) mass is 185 g/mol. The van der Waals surface area contributed by atoms with E-state index in [1.165, 1.54) is 0 Å². The molecule has 0 aromatic carbocycles. The van der Waals surface area contributed by atoms with Gasteiger partial charge in [0.2, 0.25) is 0 Å². The summed E-state index contributed by atoms with van der Waals surface area (Å²) >= 11 is 0. The maximum absolute atomic E-state index is 10.4. The first-order valence-corrected chi connectivity index (χ1v) is 5.56. The standard InChI is InChI=1S/C11H23NO/c1-3-5-9(2)11(13)7-4-6-10(12)8-11/h9-10,13H,3-8,12H2,1-2H3. The Morgan fingerprint density at radius 2 is 2.31 bits per heavy atom. The van der Waals surface area contributed by atoms with E-state index >= 15 is 0 Å². The van der Waals surface area contributed by atoms with Crippen molar-refractivity contribution in [2.45, 2.75) is 64.0 Å². The topological polar surface area (TPSA) is 46.2 Å². The Morgan fingerprint density at radius 1 is 1.62 bits per heavy atom. The Labute approximate surface area is 81.5 Å². The molecule has 0 aromatic rings. The normalized spacial score (nSPS) is 37.4. The third-order valence-corrected chi connectivity index (χ3v) is 3.44. The second-order valence-corrected chi connectivity index (χ2v) is 4.65. The van der Waals surface area contributed by atoms with E-state index in [4.69, 9.17) is 5.73 Å². The second kappa shape index (κ2) is 4.43. The lowest BCUT2D eigenvalue weighted by Gasteiger charge is -2.40. The summed E-state index contributed by atoms with van der Waals surface area (Å²) in [6, 6.07) is 0.220. The molecule has 2 nitrogen and oxygen atoms in total. The smallest absolute Gasteiger partial charge is 0.0687 e. The van der Waals surface area contributed by atoms with E-state index in [9.17, 15) is 5.11 Å². The van der Waals surface area contributed by atoms with E-state index in [0.717, 1.165) is 38.5 Å². The zero-order chi connectivity index (χ0) is 9.90. The van der Waals surface area contributed by atoms with Crippen molar-refractivity contribution in [2.24, 2.45) is 11.7 Å². The van der Waals surface area contributed by atoms with Crippen LogP contribution in [0.2, 0.25) is 0 Å². The van der Waals surface area contributed by atoms with Crippen molar-refractivity contribution < 1.29 is 5.11 Å². The van der Waals surface area contributed by atoms with Crippen LogP contribution in [0.1, 0.15) is 52.4 Å². The van der Waals surface area contributed by atoms with Crippen molar-refractivity contribution in [3.8, 4) is 0 Å². The molecule has 1 fully saturated rings. The number of hydrogen-bond donors (Lipinski definition) is 2. The molecule has 0 amide bonds. The summed E-state index contributed by atoms with van der Waals surface area (Å²) in [5.41, 5.74) is 5.42. The minimum atomic E-state index is -0.465. The molecule has 78 valence electrons. The molecule has 0 aliphatic heterocycles. The van der Waals surface area contributed by atoms with Crippen molar-refractivity contribution in [1.29, 1.82) is 0 Å². The highest BCUT2D eigenvalue weighted by molar-refractivity contribution is 4.91. The lowest BCUT2D eigenvalue weighted by atomic mass is 9.73. The van der Waals surface area contributed by atoms with Crippen LogP contribution in [0.25, 0.3) is 0 Å². The SMILES string of the molecule is CCCC(C)C1(O)CCCC(N)C1. The van der Waals surface area contributed by atoms with Gasteiger partial charge in [-0.2, -0.15) is 0 Å². The van der Waals surface area contributed by atoms with Crippen molar-refractivity contribution in [1.82, 2.24) is 0 Å². The van der Waals surface area contributed by atoms with E-state index < -0.39 is 5.60 Å². The van der Waals surface area contributed by atoms with Crippen molar-refractivity contribution >= 4 is 0 Å². The molecular weight excluding hydrogens is 162 g/mol. The summed E-state index contributed by atoms with van der Waals surface area (Å²) in [5.74, 6) is 0.406. The molecule has 3 N–H and O–H groups in total. The predicted molar refractivity (Wildman–Crippen MR) is 55.5 cm³/mol. The molecule has 3 atom stereocenters. The molecule has 0 aromatic heterocycles. The Hall–Kier alpha value is -0.0800. The van der Waals surface area contributed by atoms with E-state index in [-0.39, 0.29) is 6.04 Å². The van der Waals surface area contributed by atoms with Crippen LogP contribution >= 0.6 is 0 Å². The molecule has 3 unspecified atom stereocenters. The van der Waals surface area contributed by atoms with Crippen LogP contribution in [0.4, 0.5) is 0 Å². The third-order valence-electron chi connectivity index (χ3n) is 3.44. The van der Waals surface area contributed by atoms with Gasteiger partial charge >= 0.3 is 0 Å². The Balaban J connectivity index is 2.52. The van der Waals surface area contributed by atoms with Gasteiger partial charge < -0.3 is 10.8 Å². The molecule has 0 radical (unpaired) electrons.